The fourth-order valence-electron chi connectivity index (χ4n) is 2.22. The van der Waals surface area contributed by atoms with Crippen molar-refractivity contribution in [3.63, 3.8) is 0 Å². The van der Waals surface area contributed by atoms with Gasteiger partial charge in [-0.1, -0.05) is 0 Å². The number of hydrogen-bond acceptors (Lipinski definition) is 4. The lowest BCUT2D eigenvalue weighted by atomic mass is 10.1. The molecule has 19 heavy (non-hydrogen) atoms. The Balaban J connectivity index is 1.78. The van der Waals surface area contributed by atoms with Crippen molar-refractivity contribution in [1.29, 1.82) is 0 Å². The molecular weight excluding hydrogens is 264 g/mol. The molecule has 1 amide bonds. The molecule has 2 heterocycles. The first-order chi connectivity index (χ1) is 9.18. The molecule has 1 fully saturated rings. The molecule has 6 heteroatoms. The third-order valence-electron chi connectivity index (χ3n) is 3.24. The van der Waals surface area contributed by atoms with Gasteiger partial charge in [-0.15, -0.1) is 11.3 Å². The molecule has 0 atom stereocenters. The molecule has 0 spiro atoms. The van der Waals surface area contributed by atoms with Crippen LogP contribution in [0.4, 0.5) is 0 Å². The van der Waals surface area contributed by atoms with Gasteiger partial charge in [0.2, 0.25) is 5.91 Å². The van der Waals surface area contributed by atoms with Crippen molar-refractivity contribution in [3.8, 4) is 0 Å². The molecule has 5 nitrogen and oxygen atoms in total. The maximum absolute atomic E-state index is 11.9. The molecule has 1 aromatic heterocycles. The number of carbonyl (C=O) groups is 2. The van der Waals surface area contributed by atoms with Gasteiger partial charge in [0.25, 0.3) is 0 Å². The second-order valence-corrected chi connectivity index (χ2v) is 5.54. The maximum Gasteiger partial charge on any atom is 0.346 e. The highest BCUT2D eigenvalue weighted by Crippen LogP contribution is 2.16. The van der Waals surface area contributed by atoms with E-state index in [0.29, 0.717) is 11.4 Å². The zero-order valence-corrected chi connectivity index (χ0v) is 11.5. The van der Waals surface area contributed by atoms with Gasteiger partial charge in [0.05, 0.1) is 6.54 Å². The minimum Gasteiger partial charge on any atom is -0.477 e. The van der Waals surface area contributed by atoms with Crippen LogP contribution in [0.5, 0.6) is 0 Å². The van der Waals surface area contributed by atoms with Crippen molar-refractivity contribution in [2.45, 2.75) is 25.8 Å². The fraction of sp³-hybridized carbons (Fsp3) is 0.538. The highest BCUT2D eigenvalue weighted by atomic mass is 32.1. The van der Waals surface area contributed by atoms with Crippen molar-refractivity contribution < 1.29 is 14.7 Å². The van der Waals surface area contributed by atoms with E-state index in [4.69, 9.17) is 5.11 Å². The highest BCUT2D eigenvalue weighted by Gasteiger charge is 2.16. The number of rotatable bonds is 5. The van der Waals surface area contributed by atoms with Crippen LogP contribution in [0, 0.1) is 0 Å². The number of nitrogens with zero attached hydrogens (tertiary/aromatic N) is 1. The van der Waals surface area contributed by atoms with Crippen molar-refractivity contribution >= 4 is 23.2 Å². The summed E-state index contributed by atoms with van der Waals surface area (Å²) in [5.74, 6) is -0.805. The number of amides is 1. The third kappa shape index (κ3) is 3.78. The van der Waals surface area contributed by atoms with Crippen LogP contribution in [-0.2, 0) is 11.3 Å². The third-order valence-corrected chi connectivity index (χ3v) is 4.19. The fourth-order valence-corrected chi connectivity index (χ4v) is 2.98. The van der Waals surface area contributed by atoms with Crippen LogP contribution in [-0.4, -0.2) is 41.5 Å². The van der Waals surface area contributed by atoms with E-state index < -0.39 is 5.97 Å². The first kappa shape index (κ1) is 14.0. The number of aromatic carboxylic acids is 1. The van der Waals surface area contributed by atoms with Gasteiger partial charge < -0.3 is 15.3 Å². The monoisotopic (exact) mass is 282 g/mol. The largest absolute Gasteiger partial charge is 0.477 e. The van der Waals surface area contributed by atoms with E-state index in [9.17, 15) is 9.59 Å². The van der Waals surface area contributed by atoms with Gasteiger partial charge in [-0.2, -0.15) is 0 Å². The summed E-state index contributed by atoms with van der Waals surface area (Å²) in [4.78, 5) is 25.1. The quantitative estimate of drug-likeness (QED) is 0.859. The zero-order chi connectivity index (χ0) is 13.7. The molecule has 2 rings (SSSR count). The molecule has 0 unspecified atom stereocenters. The van der Waals surface area contributed by atoms with Gasteiger partial charge >= 0.3 is 5.97 Å². The highest BCUT2D eigenvalue weighted by molar-refractivity contribution is 7.12. The summed E-state index contributed by atoms with van der Waals surface area (Å²) >= 11 is 1.21. The Morgan fingerprint density at radius 2 is 2.05 bits per heavy atom. The molecule has 2 N–H and O–H groups in total. The minimum absolute atomic E-state index is 0.104. The molecule has 0 saturated carbocycles. The van der Waals surface area contributed by atoms with E-state index in [-0.39, 0.29) is 12.5 Å². The van der Waals surface area contributed by atoms with Crippen LogP contribution >= 0.6 is 11.3 Å². The van der Waals surface area contributed by atoms with E-state index in [2.05, 4.69) is 5.32 Å². The molecule has 1 aromatic rings. The Morgan fingerprint density at radius 1 is 1.32 bits per heavy atom. The topological polar surface area (TPSA) is 69.6 Å². The van der Waals surface area contributed by atoms with Crippen molar-refractivity contribution in [2.75, 3.05) is 19.6 Å². The lowest BCUT2D eigenvalue weighted by molar-refractivity contribution is -0.131. The number of carboxylic acids is 1. The van der Waals surface area contributed by atoms with Crippen LogP contribution < -0.4 is 5.32 Å². The Kier molecular flexibility index (Phi) is 4.93. The SMILES string of the molecule is O=C(O)c1sccc1CNCC(=O)N1CCCCC1. The average Bonchev–Trinajstić information content (AvgIpc) is 2.88. The first-order valence-electron chi connectivity index (χ1n) is 6.46. The van der Waals surface area contributed by atoms with E-state index in [0.717, 1.165) is 31.5 Å². The van der Waals surface area contributed by atoms with E-state index in [1.165, 1.54) is 17.8 Å². The molecule has 1 aliphatic rings. The summed E-state index contributed by atoms with van der Waals surface area (Å²) in [6, 6.07) is 1.78. The number of carboxylic acid groups (broad SMARTS) is 1. The van der Waals surface area contributed by atoms with Crippen molar-refractivity contribution in [2.24, 2.45) is 0 Å². The van der Waals surface area contributed by atoms with E-state index >= 15 is 0 Å². The number of thiophene rings is 1. The van der Waals surface area contributed by atoms with Crippen molar-refractivity contribution in [3.05, 3.63) is 21.9 Å². The molecular formula is C13H18N2O3S. The predicted octanol–water partition coefficient (Wildman–Crippen LogP) is 1.55. The van der Waals surface area contributed by atoms with Gasteiger partial charge in [0.15, 0.2) is 0 Å². The molecule has 1 aliphatic heterocycles. The average molecular weight is 282 g/mol. The second-order valence-electron chi connectivity index (χ2n) is 4.63. The number of likely N-dealkylation sites (tertiary alicyclic amines) is 1. The van der Waals surface area contributed by atoms with E-state index in [1.54, 1.807) is 11.4 Å². The van der Waals surface area contributed by atoms with Gasteiger partial charge in [-0.05, 0) is 36.3 Å². The number of nitrogens with one attached hydrogen (secondary N) is 1. The molecule has 104 valence electrons. The second kappa shape index (κ2) is 6.68. The maximum atomic E-state index is 11.9. The molecule has 0 bridgehead atoms. The molecule has 1 saturated heterocycles. The van der Waals surface area contributed by atoms with E-state index in [1.807, 2.05) is 4.90 Å². The minimum atomic E-state index is -0.908. The number of hydrogen-bond donors (Lipinski definition) is 2. The Morgan fingerprint density at radius 3 is 2.74 bits per heavy atom. The summed E-state index contributed by atoms with van der Waals surface area (Å²) in [5, 5.41) is 13.8. The van der Waals surface area contributed by atoms with Gasteiger partial charge in [0.1, 0.15) is 4.88 Å². The van der Waals surface area contributed by atoms with Crippen LogP contribution in [0.1, 0.15) is 34.5 Å². The lowest BCUT2D eigenvalue weighted by Gasteiger charge is -2.26. The summed E-state index contributed by atoms with van der Waals surface area (Å²) in [7, 11) is 0. The summed E-state index contributed by atoms with van der Waals surface area (Å²) in [6.45, 7) is 2.39. The molecule has 0 radical (unpaired) electrons. The normalized spacial score (nSPS) is 15.5. The number of carbonyl (C=O) groups excluding carboxylic acids is 1. The first-order valence-corrected chi connectivity index (χ1v) is 7.34. The van der Waals surface area contributed by atoms with Gasteiger partial charge in [-0.3, -0.25) is 4.79 Å². The number of piperidine rings is 1. The Hall–Kier alpha value is -1.40. The van der Waals surface area contributed by atoms with Crippen LogP contribution in [0.25, 0.3) is 0 Å². The lowest BCUT2D eigenvalue weighted by Crippen LogP contribution is -2.41. The Bertz CT molecular complexity index is 452. The van der Waals surface area contributed by atoms with Gasteiger partial charge in [0, 0.05) is 19.6 Å². The van der Waals surface area contributed by atoms with Crippen LogP contribution in [0.15, 0.2) is 11.4 Å². The Labute approximate surface area is 116 Å². The molecule has 0 aliphatic carbocycles. The summed E-state index contributed by atoms with van der Waals surface area (Å²) in [6.07, 6.45) is 3.37. The zero-order valence-electron chi connectivity index (χ0n) is 10.7. The summed E-state index contributed by atoms with van der Waals surface area (Å²) in [5.41, 5.74) is 0.740. The van der Waals surface area contributed by atoms with Crippen molar-refractivity contribution in [1.82, 2.24) is 10.2 Å². The predicted molar refractivity (Wildman–Crippen MR) is 73.4 cm³/mol. The van der Waals surface area contributed by atoms with Crippen LogP contribution in [0.2, 0.25) is 0 Å². The smallest absolute Gasteiger partial charge is 0.346 e. The molecule has 0 aromatic carbocycles. The summed E-state index contributed by atoms with van der Waals surface area (Å²) < 4.78 is 0. The van der Waals surface area contributed by atoms with Gasteiger partial charge in [-0.25, -0.2) is 4.79 Å². The standard InChI is InChI=1S/C13H18N2O3S/c16-11(15-5-2-1-3-6-15)9-14-8-10-4-7-19-12(10)13(17)18/h4,7,14H,1-3,5-6,8-9H2,(H,17,18). The van der Waals surface area contributed by atoms with Crippen LogP contribution in [0.3, 0.4) is 0 Å².